The van der Waals surface area contributed by atoms with Crippen LogP contribution >= 0.6 is 0 Å². The predicted molar refractivity (Wildman–Crippen MR) is 77.0 cm³/mol. The highest BCUT2D eigenvalue weighted by Gasteiger charge is 2.44. The Hall–Kier alpha value is -1.67. The number of aliphatic hydroxyl groups is 1. The third-order valence-corrected chi connectivity index (χ3v) is 3.11. The van der Waals surface area contributed by atoms with Crippen molar-refractivity contribution in [2.75, 3.05) is 6.61 Å². The average Bonchev–Trinajstić information content (AvgIpc) is 2.72. The second kappa shape index (κ2) is 7.74. The number of carbonyl (C=O) groups excluding carboxylic acids is 3. The number of hydrogen-bond acceptors (Lipinski definition) is 8. The van der Waals surface area contributed by atoms with Crippen molar-refractivity contribution in [3.05, 3.63) is 0 Å². The number of ether oxygens (including phenoxy) is 4. The van der Waals surface area contributed by atoms with E-state index in [2.05, 4.69) is 0 Å². The SMILES string of the molecule is CC(=O)O[C@H](COC(=O)C(C)(C)C)[C@@H]1O[C@@H](O)C[C@H]1OC(C)=O. The van der Waals surface area contributed by atoms with Crippen LogP contribution in [0.3, 0.4) is 0 Å². The normalized spacial score (nSPS) is 25.6. The Kier molecular flexibility index (Phi) is 6.52. The van der Waals surface area contributed by atoms with Crippen LogP contribution < -0.4 is 0 Å². The standard InChI is InChI=1S/C15H24O8/c1-8(16)21-10-6-12(18)23-13(10)11(22-9(2)17)7-20-14(19)15(3,4)5/h10-13,18H,6-7H2,1-5H3/t10-,11-,12-,13-/m1/s1. The molecule has 0 aliphatic carbocycles. The van der Waals surface area contributed by atoms with Gasteiger partial charge in [-0.3, -0.25) is 14.4 Å². The molecule has 1 saturated heterocycles. The Bertz CT molecular complexity index is 453. The molecule has 0 aromatic carbocycles. The number of carbonyl (C=O) groups is 3. The van der Waals surface area contributed by atoms with Crippen molar-refractivity contribution in [3.8, 4) is 0 Å². The van der Waals surface area contributed by atoms with Crippen LogP contribution in [0.15, 0.2) is 0 Å². The Morgan fingerprint density at radius 3 is 2.30 bits per heavy atom. The van der Waals surface area contributed by atoms with Crippen molar-refractivity contribution in [1.82, 2.24) is 0 Å². The van der Waals surface area contributed by atoms with Gasteiger partial charge in [-0.15, -0.1) is 0 Å². The molecule has 1 fully saturated rings. The van der Waals surface area contributed by atoms with E-state index in [1.807, 2.05) is 0 Å². The highest BCUT2D eigenvalue weighted by atomic mass is 16.7. The molecule has 0 unspecified atom stereocenters. The molecule has 1 aliphatic rings. The molecule has 0 aromatic rings. The molecular weight excluding hydrogens is 308 g/mol. The van der Waals surface area contributed by atoms with Gasteiger partial charge in [0.25, 0.3) is 0 Å². The Labute approximate surface area is 135 Å². The minimum absolute atomic E-state index is 0.0508. The highest BCUT2D eigenvalue weighted by Crippen LogP contribution is 2.27. The van der Waals surface area contributed by atoms with E-state index in [1.165, 1.54) is 13.8 Å². The van der Waals surface area contributed by atoms with Crippen molar-refractivity contribution in [2.24, 2.45) is 5.41 Å². The van der Waals surface area contributed by atoms with E-state index in [-0.39, 0.29) is 13.0 Å². The van der Waals surface area contributed by atoms with Gasteiger partial charge < -0.3 is 24.1 Å². The maximum absolute atomic E-state index is 11.9. The topological polar surface area (TPSA) is 108 Å². The quantitative estimate of drug-likeness (QED) is 0.574. The van der Waals surface area contributed by atoms with Crippen LogP contribution in [0.25, 0.3) is 0 Å². The van der Waals surface area contributed by atoms with Gasteiger partial charge in [0.15, 0.2) is 12.4 Å². The van der Waals surface area contributed by atoms with Crippen molar-refractivity contribution in [2.45, 2.75) is 65.6 Å². The molecule has 8 nitrogen and oxygen atoms in total. The molecule has 0 bridgehead atoms. The molecule has 0 aromatic heterocycles. The molecule has 0 radical (unpaired) electrons. The van der Waals surface area contributed by atoms with Gasteiger partial charge in [0.1, 0.15) is 18.8 Å². The van der Waals surface area contributed by atoms with E-state index in [0.29, 0.717) is 0 Å². The molecule has 4 atom stereocenters. The molecule has 8 heteroatoms. The van der Waals surface area contributed by atoms with Gasteiger partial charge in [-0.1, -0.05) is 0 Å². The van der Waals surface area contributed by atoms with E-state index < -0.39 is 47.9 Å². The van der Waals surface area contributed by atoms with Gasteiger partial charge in [-0.25, -0.2) is 0 Å². The van der Waals surface area contributed by atoms with E-state index in [9.17, 15) is 19.5 Å². The van der Waals surface area contributed by atoms with Crippen LogP contribution in [0.4, 0.5) is 0 Å². The zero-order valence-electron chi connectivity index (χ0n) is 14.0. The first-order valence-corrected chi connectivity index (χ1v) is 7.36. The minimum atomic E-state index is -1.15. The molecule has 1 N–H and O–H groups in total. The van der Waals surface area contributed by atoms with Crippen LogP contribution in [0.5, 0.6) is 0 Å². The summed E-state index contributed by atoms with van der Waals surface area (Å²) in [6.45, 7) is 7.23. The molecule has 23 heavy (non-hydrogen) atoms. The van der Waals surface area contributed by atoms with Crippen LogP contribution in [-0.4, -0.2) is 54.2 Å². The first-order chi connectivity index (χ1) is 10.5. The minimum Gasteiger partial charge on any atom is -0.461 e. The lowest BCUT2D eigenvalue weighted by molar-refractivity contribution is -0.185. The Morgan fingerprint density at radius 2 is 1.83 bits per heavy atom. The highest BCUT2D eigenvalue weighted by molar-refractivity contribution is 5.75. The molecule has 132 valence electrons. The lowest BCUT2D eigenvalue weighted by Crippen LogP contribution is -2.43. The summed E-state index contributed by atoms with van der Waals surface area (Å²) >= 11 is 0. The van der Waals surface area contributed by atoms with Gasteiger partial charge in [0, 0.05) is 20.3 Å². The van der Waals surface area contributed by atoms with Crippen molar-refractivity contribution >= 4 is 17.9 Å². The summed E-state index contributed by atoms with van der Waals surface area (Å²) < 4.78 is 20.6. The summed E-state index contributed by atoms with van der Waals surface area (Å²) in [5, 5.41) is 9.61. The number of rotatable bonds is 5. The first-order valence-electron chi connectivity index (χ1n) is 7.36. The lowest BCUT2D eigenvalue weighted by Gasteiger charge is -2.27. The van der Waals surface area contributed by atoms with E-state index >= 15 is 0 Å². The summed E-state index contributed by atoms with van der Waals surface area (Å²) in [5.41, 5.74) is -0.716. The number of aliphatic hydroxyl groups excluding tert-OH is 1. The summed E-state index contributed by atoms with van der Waals surface area (Å²) in [4.78, 5) is 34.3. The van der Waals surface area contributed by atoms with Crippen LogP contribution in [0, 0.1) is 5.41 Å². The summed E-state index contributed by atoms with van der Waals surface area (Å²) in [6, 6.07) is 0. The van der Waals surface area contributed by atoms with E-state index in [4.69, 9.17) is 18.9 Å². The molecule has 0 saturated carbocycles. The van der Waals surface area contributed by atoms with Gasteiger partial charge in [-0.05, 0) is 20.8 Å². The number of esters is 3. The Morgan fingerprint density at radius 1 is 1.22 bits per heavy atom. The van der Waals surface area contributed by atoms with Gasteiger partial charge in [0.2, 0.25) is 0 Å². The van der Waals surface area contributed by atoms with Gasteiger partial charge >= 0.3 is 17.9 Å². The zero-order chi connectivity index (χ0) is 17.8. The van der Waals surface area contributed by atoms with E-state index in [0.717, 1.165) is 0 Å². The average molecular weight is 332 g/mol. The fourth-order valence-corrected chi connectivity index (χ4v) is 2.10. The Balaban J connectivity index is 2.81. The zero-order valence-corrected chi connectivity index (χ0v) is 14.0. The largest absolute Gasteiger partial charge is 0.461 e. The second-order valence-electron chi connectivity index (χ2n) is 6.44. The monoisotopic (exact) mass is 332 g/mol. The van der Waals surface area contributed by atoms with Crippen molar-refractivity contribution < 1.29 is 38.4 Å². The maximum atomic E-state index is 11.9. The summed E-state index contributed by atoms with van der Waals surface area (Å²) in [5.74, 6) is -1.63. The van der Waals surface area contributed by atoms with Crippen molar-refractivity contribution in [1.29, 1.82) is 0 Å². The second-order valence-corrected chi connectivity index (χ2v) is 6.44. The molecule has 1 rings (SSSR count). The summed E-state index contributed by atoms with van der Waals surface area (Å²) in [7, 11) is 0. The molecule has 1 heterocycles. The number of hydrogen-bond donors (Lipinski definition) is 1. The van der Waals surface area contributed by atoms with E-state index in [1.54, 1.807) is 20.8 Å². The molecular formula is C15H24O8. The molecule has 0 spiro atoms. The van der Waals surface area contributed by atoms with Crippen molar-refractivity contribution in [3.63, 3.8) is 0 Å². The fraction of sp³-hybridized carbons (Fsp3) is 0.800. The van der Waals surface area contributed by atoms with Crippen LogP contribution in [-0.2, 0) is 33.3 Å². The van der Waals surface area contributed by atoms with Gasteiger partial charge in [0.05, 0.1) is 5.41 Å². The van der Waals surface area contributed by atoms with Crippen LogP contribution in [0.2, 0.25) is 0 Å². The third-order valence-electron chi connectivity index (χ3n) is 3.11. The predicted octanol–water partition coefficient (Wildman–Crippen LogP) is 0.546. The molecule has 0 amide bonds. The van der Waals surface area contributed by atoms with Crippen LogP contribution in [0.1, 0.15) is 41.0 Å². The maximum Gasteiger partial charge on any atom is 0.311 e. The smallest absolute Gasteiger partial charge is 0.311 e. The first kappa shape index (κ1) is 19.4. The van der Waals surface area contributed by atoms with Gasteiger partial charge in [-0.2, -0.15) is 0 Å². The fourth-order valence-electron chi connectivity index (χ4n) is 2.10. The third kappa shape index (κ3) is 6.15. The summed E-state index contributed by atoms with van der Waals surface area (Å²) in [6.07, 6.45) is -3.79. The lowest BCUT2D eigenvalue weighted by atomic mass is 9.97. The molecule has 1 aliphatic heterocycles.